The van der Waals surface area contributed by atoms with Gasteiger partial charge in [0.25, 0.3) is 0 Å². The summed E-state index contributed by atoms with van der Waals surface area (Å²) in [7, 11) is 0. The number of thiophene rings is 1. The van der Waals surface area contributed by atoms with Crippen LogP contribution in [0.25, 0.3) is 97.0 Å². The van der Waals surface area contributed by atoms with Crippen molar-refractivity contribution in [2.45, 2.75) is 0 Å². The fraction of sp³-hybridized carbons (Fsp3) is 0. The van der Waals surface area contributed by atoms with Gasteiger partial charge in [-0.1, -0.05) is 109 Å². The van der Waals surface area contributed by atoms with E-state index in [1.165, 1.54) is 69.5 Å². The molecule has 0 bridgehead atoms. The minimum atomic E-state index is 0.914. The Bertz CT molecular complexity index is 2940. The average Bonchev–Trinajstić information content (AvgIpc) is 3.70. The molecule has 1 aliphatic rings. The molecule has 0 saturated carbocycles. The van der Waals surface area contributed by atoms with Crippen molar-refractivity contribution >= 4 is 75.0 Å². The molecule has 1 aliphatic heterocycles. The van der Waals surface area contributed by atoms with Gasteiger partial charge in [0, 0.05) is 47.3 Å². The van der Waals surface area contributed by atoms with E-state index in [0.29, 0.717) is 0 Å². The summed E-state index contributed by atoms with van der Waals surface area (Å²) in [5, 5.41) is 9.64. The molecule has 8 aromatic carbocycles. The molecule has 0 saturated heterocycles. The summed E-state index contributed by atoms with van der Waals surface area (Å²) in [5.74, 6) is 1.83. The molecule has 2 nitrogen and oxygen atoms in total. The first-order chi connectivity index (χ1) is 23.3. The van der Waals surface area contributed by atoms with Crippen molar-refractivity contribution in [2.24, 2.45) is 0 Å². The summed E-state index contributed by atoms with van der Waals surface area (Å²) in [6, 6.07) is 52.3. The maximum atomic E-state index is 6.49. The van der Waals surface area contributed by atoms with Crippen molar-refractivity contribution < 1.29 is 9.15 Å². The molecule has 3 heteroatoms. The van der Waals surface area contributed by atoms with Gasteiger partial charge in [0.2, 0.25) is 0 Å². The molecule has 0 unspecified atom stereocenters. The average molecular weight is 617 g/mol. The lowest BCUT2D eigenvalue weighted by atomic mass is 9.90. The molecular weight excluding hydrogens is 593 g/mol. The Balaban J connectivity index is 1.06. The van der Waals surface area contributed by atoms with Gasteiger partial charge in [-0.2, -0.15) is 0 Å². The molecule has 0 spiro atoms. The summed E-state index contributed by atoms with van der Waals surface area (Å²) in [4.78, 5) is 0. The van der Waals surface area contributed by atoms with Crippen molar-refractivity contribution in [1.29, 1.82) is 0 Å². The van der Waals surface area contributed by atoms with Gasteiger partial charge in [-0.15, -0.1) is 11.3 Å². The number of furan rings is 1. The predicted molar refractivity (Wildman–Crippen MR) is 198 cm³/mol. The van der Waals surface area contributed by atoms with E-state index in [1.807, 2.05) is 23.5 Å². The Morgan fingerprint density at radius 1 is 0.404 bits per heavy atom. The predicted octanol–water partition coefficient (Wildman–Crippen LogP) is 13.4. The lowest BCUT2D eigenvalue weighted by Crippen LogP contribution is -1.97. The largest absolute Gasteiger partial charge is 0.456 e. The van der Waals surface area contributed by atoms with Crippen LogP contribution in [0.4, 0.5) is 0 Å². The third-order valence-electron chi connectivity index (χ3n) is 9.88. The molecular formula is C44H24O2S. The summed E-state index contributed by atoms with van der Waals surface area (Å²) in [6.07, 6.45) is 0. The van der Waals surface area contributed by atoms with Crippen molar-refractivity contribution in [3.05, 3.63) is 146 Å². The zero-order valence-electron chi connectivity index (χ0n) is 25.1. The van der Waals surface area contributed by atoms with Crippen LogP contribution in [0, 0.1) is 0 Å². The quantitative estimate of drug-likeness (QED) is 0.193. The van der Waals surface area contributed by atoms with E-state index in [4.69, 9.17) is 9.15 Å². The molecule has 0 aliphatic carbocycles. The van der Waals surface area contributed by atoms with E-state index >= 15 is 0 Å². The van der Waals surface area contributed by atoms with Crippen molar-refractivity contribution in [2.75, 3.05) is 0 Å². The summed E-state index contributed by atoms with van der Waals surface area (Å²) < 4.78 is 15.4. The molecule has 218 valence electrons. The Morgan fingerprint density at radius 2 is 1.11 bits per heavy atom. The van der Waals surface area contributed by atoms with Crippen LogP contribution in [0.2, 0.25) is 0 Å². The first kappa shape index (κ1) is 25.3. The van der Waals surface area contributed by atoms with Gasteiger partial charge in [-0.25, -0.2) is 0 Å². The van der Waals surface area contributed by atoms with Crippen LogP contribution in [-0.2, 0) is 0 Å². The van der Waals surface area contributed by atoms with E-state index in [-0.39, 0.29) is 0 Å². The van der Waals surface area contributed by atoms with Gasteiger partial charge in [0.05, 0.1) is 0 Å². The van der Waals surface area contributed by atoms with Crippen molar-refractivity contribution in [3.8, 4) is 44.9 Å². The Kier molecular flexibility index (Phi) is 5.02. The van der Waals surface area contributed by atoms with Gasteiger partial charge < -0.3 is 9.15 Å². The van der Waals surface area contributed by atoms with Gasteiger partial charge >= 0.3 is 0 Å². The van der Waals surface area contributed by atoms with Crippen LogP contribution in [-0.4, -0.2) is 0 Å². The number of ether oxygens (including phenoxy) is 1. The highest BCUT2D eigenvalue weighted by atomic mass is 32.1. The van der Waals surface area contributed by atoms with E-state index in [9.17, 15) is 0 Å². The summed E-state index contributed by atoms with van der Waals surface area (Å²) in [6.45, 7) is 0. The smallest absolute Gasteiger partial charge is 0.143 e. The Morgan fingerprint density at radius 3 is 2.00 bits per heavy atom. The third kappa shape index (κ3) is 3.55. The minimum absolute atomic E-state index is 0.914. The number of hydrogen-bond donors (Lipinski definition) is 0. The van der Waals surface area contributed by atoms with E-state index in [0.717, 1.165) is 39.0 Å². The fourth-order valence-corrected chi connectivity index (χ4v) is 8.92. The molecule has 0 fully saturated rings. The molecule has 0 radical (unpaired) electrons. The standard InChI is InChI=1S/C44H24O2S/c1-2-8-30-25(7-1)15-20-36-42-29(10-6-14-38(42)46-44(30)36)27-17-19-33-32-18-16-26(23-40(32)47-41(33)24-27)28-21-22-39-43-34(28)11-5-12-35(43)31-9-3-4-13-37(31)45-39/h1-24H. The second kappa shape index (κ2) is 9.32. The maximum absolute atomic E-state index is 6.49. The highest BCUT2D eigenvalue weighted by molar-refractivity contribution is 7.25. The summed E-state index contributed by atoms with van der Waals surface area (Å²) in [5.41, 5.74) is 9.09. The molecule has 2 aromatic heterocycles. The molecule has 11 rings (SSSR count). The lowest BCUT2D eigenvalue weighted by molar-refractivity contribution is 0.487. The number of hydrogen-bond acceptors (Lipinski definition) is 3. The fourth-order valence-electron chi connectivity index (χ4n) is 7.74. The van der Waals surface area contributed by atoms with Crippen LogP contribution in [0.15, 0.2) is 150 Å². The molecule has 3 heterocycles. The van der Waals surface area contributed by atoms with Crippen LogP contribution in [0.1, 0.15) is 0 Å². The van der Waals surface area contributed by atoms with Crippen LogP contribution in [0.3, 0.4) is 0 Å². The van der Waals surface area contributed by atoms with E-state index in [2.05, 4.69) is 133 Å². The number of benzene rings is 8. The van der Waals surface area contributed by atoms with E-state index < -0.39 is 0 Å². The second-order valence-corrected chi connectivity index (χ2v) is 13.5. The maximum Gasteiger partial charge on any atom is 0.143 e. The van der Waals surface area contributed by atoms with Crippen molar-refractivity contribution in [1.82, 2.24) is 0 Å². The highest BCUT2D eigenvalue weighted by Crippen LogP contribution is 2.49. The number of para-hydroxylation sites is 1. The van der Waals surface area contributed by atoms with Crippen LogP contribution >= 0.6 is 11.3 Å². The third-order valence-corrected chi connectivity index (χ3v) is 11.0. The first-order valence-electron chi connectivity index (χ1n) is 15.9. The highest BCUT2D eigenvalue weighted by Gasteiger charge is 2.22. The minimum Gasteiger partial charge on any atom is -0.456 e. The van der Waals surface area contributed by atoms with Gasteiger partial charge in [0.15, 0.2) is 0 Å². The van der Waals surface area contributed by atoms with Crippen LogP contribution in [0.5, 0.6) is 11.5 Å². The van der Waals surface area contributed by atoms with Gasteiger partial charge in [-0.05, 0) is 75.0 Å². The zero-order valence-corrected chi connectivity index (χ0v) is 25.9. The number of rotatable bonds is 2. The molecule has 47 heavy (non-hydrogen) atoms. The van der Waals surface area contributed by atoms with E-state index in [1.54, 1.807) is 0 Å². The number of fused-ring (bicyclic) bond motifs is 10. The molecule has 10 aromatic rings. The first-order valence-corrected chi connectivity index (χ1v) is 16.7. The molecule has 0 atom stereocenters. The van der Waals surface area contributed by atoms with Gasteiger partial charge in [0.1, 0.15) is 22.7 Å². The topological polar surface area (TPSA) is 22.4 Å². The van der Waals surface area contributed by atoms with Crippen LogP contribution < -0.4 is 4.74 Å². The Labute approximate surface area is 273 Å². The second-order valence-electron chi connectivity index (χ2n) is 12.4. The summed E-state index contributed by atoms with van der Waals surface area (Å²) >= 11 is 1.86. The SMILES string of the molecule is c1ccc2c(c1)Oc1ccc(-c3ccc4c(c3)sc3cc(-c5cccc6oc7c8ccccc8ccc7c56)ccc34)c3cccc-2c13. The monoisotopic (exact) mass is 616 g/mol. The molecule has 0 N–H and O–H groups in total. The zero-order chi connectivity index (χ0) is 30.6. The normalized spacial score (nSPS) is 12.4. The molecule has 0 amide bonds. The van der Waals surface area contributed by atoms with Crippen molar-refractivity contribution in [3.63, 3.8) is 0 Å². The Hall–Kier alpha value is -5.90. The lowest BCUT2D eigenvalue weighted by Gasteiger charge is -2.22. The van der Waals surface area contributed by atoms with Gasteiger partial charge in [-0.3, -0.25) is 0 Å².